The molecule has 0 amide bonds. The third kappa shape index (κ3) is 1.50. The molecule has 0 unspecified atom stereocenters. The molecule has 0 aliphatic heterocycles. The van der Waals surface area contributed by atoms with Crippen LogP contribution in [0.2, 0.25) is 0 Å². The number of carbonyl (C=O) groups is 1. The Labute approximate surface area is 87.3 Å². The summed E-state index contributed by atoms with van der Waals surface area (Å²) < 4.78 is 0. The zero-order valence-corrected chi connectivity index (χ0v) is 8.37. The van der Waals surface area contributed by atoms with E-state index in [1.54, 1.807) is 0 Å². The van der Waals surface area contributed by atoms with Gasteiger partial charge < -0.3 is 4.98 Å². The Bertz CT molecular complexity index is 560. The number of aromatic amines is 1. The van der Waals surface area contributed by atoms with E-state index in [4.69, 9.17) is 5.26 Å². The van der Waals surface area contributed by atoms with Gasteiger partial charge in [-0.15, -0.1) is 0 Å². The van der Waals surface area contributed by atoms with Gasteiger partial charge in [-0.1, -0.05) is 18.2 Å². The minimum absolute atomic E-state index is 0.0757. The van der Waals surface area contributed by atoms with E-state index in [0.717, 1.165) is 16.5 Å². The van der Waals surface area contributed by atoms with Gasteiger partial charge in [-0.25, -0.2) is 0 Å². The molecule has 0 atom stereocenters. The Morgan fingerprint density at radius 1 is 1.47 bits per heavy atom. The van der Waals surface area contributed by atoms with E-state index in [1.807, 2.05) is 37.3 Å². The van der Waals surface area contributed by atoms with Gasteiger partial charge in [0.1, 0.15) is 6.42 Å². The van der Waals surface area contributed by atoms with Crippen molar-refractivity contribution < 1.29 is 4.79 Å². The smallest absolute Gasteiger partial charge is 0.193 e. The summed E-state index contributed by atoms with van der Waals surface area (Å²) in [5.41, 5.74) is 2.42. The molecular weight excluding hydrogens is 188 g/mol. The second kappa shape index (κ2) is 3.58. The van der Waals surface area contributed by atoms with Gasteiger partial charge in [-0.2, -0.15) is 5.26 Å². The van der Waals surface area contributed by atoms with Crippen LogP contribution in [0.15, 0.2) is 24.3 Å². The number of nitrogens with zero attached hydrogens (tertiary/aromatic N) is 1. The minimum atomic E-state index is -0.147. The van der Waals surface area contributed by atoms with E-state index in [1.165, 1.54) is 0 Å². The summed E-state index contributed by atoms with van der Waals surface area (Å²) in [6.45, 7) is 1.89. The van der Waals surface area contributed by atoms with Crippen molar-refractivity contribution >= 4 is 16.7 Å². The molecular formula is C12H10N2O. The van der Waals surface area contributed by atoms with Crippen LogP contribution in [0.4, 0.5) is 0 Å². The molecule has 0 fully saturated rings. The lowest BCUT2D eigenvalue weighted by Crippen LogP contribution is -1.99. The molecule has 1 heterocycles. The lowest BCUT2D eigenvalue weighted by Gasteiger charge is -1.93. The molecule has 0 radical (unpaired) electrons. The highest BCUT2D eigenvalue weighted by Crippen LogP contribution is 2.21. The fraction of sp³-hybridized carbons (Fsp3) is 0.167. The number of nitrogens with one attached hydrogen (secondary N) is 1. The predicted octanol–water partition coefficient (Wildman–Crippen LogP) is 2.57. The molecule has 2 rings (SSSR count). The predicted molar refractivity (Wildman–Crippen MR) is 57.6 cm³/mol. The normalized spacial score (nSPS) is 10.1. The van der Waals surface area contributed by atoms with Gasteiger partial charge >= 0.3 is 0 Å². The lowest BCUT2D eigenvalue weighted by atomic mass is 10.1. The van der Waals surface area contributed by atoms with Crippen molar-refractivity contribution in [3.8, 4) is 6.07 Å². The van der Waals surface area contributed by atoms with Crippen LogP contribution < -0.4 is 0 Å². The summed E-state index contributed by atoms with van der Waals surface area (Å²) in [5.74, 6) is -0.147. The molecule has 0 aliphatic rings. The van der Waals surface area contributed by atoms with Crippen LogP contribution >= 0.6 is 0 Å². The van der Waals surface area contributed by atoms with Crippen LogP contribution in [0, 0.1) is 18.3 Å². The van der Waals surface area contributed by atoms with Crippen LogP contribution in [0.3, 0.4) is 0 Å². The van der Waals surface area contributed by atoms with E-state index in [2.05, 4.69) is 4.98 Å². The van der Waals surface area contributed by atoms with E-state index >= 15 is 0 Å². The monoisotopic (exact) mass is 198 g/mol. The zero-order valence-electron chi connectivity index (χ0n) is 8.37. The molecule has 0 spiro atoms. The summed E-state index contributed by atoms with van der Waals surface area (Å²) in [4.78, 5) is 14.6. The molecule has 0 saturated heterocycles. The molecule has 1 aromatic carbocycles. The topological polar surface area (TPSA) is 56.6 Å². The van der Waals surface area contributed by atoms with Gasteiger partial charge in [0.25, 0.3) is 0 Å². The van der Waals surface area contributed by atoms with Gasteiger partial charge in [-0.05, 0) is 18.6 Å². The summed E-state index contributed by atoms with van der Waals surface area (Å²) in [5, 5.41) is 9.52. The summed E-state index contributed by atoms with van der Waals surface area (Å²) in [6.07, 6.45) is -0.0757. The maximum absolute atomic E-state index is 11.6. The number of aromatic nitrogens is 1. The van der Waals surface area contributed by atoms with Crippen LogP contribution in [0.1, 0.15) is 22.5 Å². The third-order valence-electron chi connectivity index (χ3n) is 2.48. The first-order valence-corrected chi connectivity index (χ1v) is 4.71. The van der Waals surface area contributed by atoms with E-state index < -0.39 is 0 Å². The number of carbonyl (C=O) groups excluding carboxylic acids is 1. The van der Waals surface area contributed by atoms with Gasteiger partial charge in [0.15, 0.2) is 5.78 Å². The van der Waals surface area contributed by atoms with E-state index in [-0.39, 0.29) is 12.2 Å². The number of Topliss-reactive ketones (excluding diaryl/α,β-unsaturated/α-hetero) is 1. The summed E-state index contributed by atoms with van der Waals surface area (Å²) in [6, 6.07) is 9.60. The largest absolute Gasteiger partial charge is 0.352 e. The Morgan fingerprint density at radius 3 is 2.87 bits per heavy atom. The van der Waals surface area contributed by atoms with Crippen LogP contribution in [-0.2, 0) is 0 Å². The first kappa shape index (κ1) is 9.47. The average Bonchev–Trinajstić information content (AvgIpc) is 2.57. The fourth-order valence-electron chi connectivity index (χ4n) is 1.72. The molecule has 0 bridgehead atoms. The Hall–Kier alpha value is -2.08. The number of nitriles is 1. The molecule has 15 heavy (non-hydrogen) atoms. The minimum Gasteiger partial charge on any atom is -0.352 e. The van der Waals surface area contributed by atoms with Crippen LogP contribution in [0.5, 0.6) is 0 Å². The standard InChI is InChI=1S/C12H10N2O/c1-8-9-4-2-3-5-10(9)14-12(8)11(15)6-7-13/h2-5,14H,6H2,1H3. The SMILES string of the molecule is Cc1c(C(=O)CC#N)[nH]c2ccccc12. The molecule has 0 aliphatic carbocycles. The maximum Gasteiger partial charge on any atom is 0.193 e. The summed E-state index contributed by atoms with van der Waals surface area (Å²) in [7, 11) is 0. The number of H-pyrrole nitrogens is 1. The number of ketones is 1. The van der Waals surface area contributed by atoms with Crippen LogP contribution in [0.25, 0.3) is 10.9 Å². The second-order valence-electron chi connectivity index (χ2n) is 3.43. The van der Waals surface area contributed by atoms with E-state index in [9.17, 15) is 4.79 Å². The number of hydrogen-bond donors (Lipinski definition) is 1. The van der Waals surface area contributed by atoms with Crippen molar-refractivity contribution in [1.29, 1.82) is 5.26 Å². The molecule has 3 nitrogen and oxygen atoms in total. The number of rotatable bonds is 2. The molecule has 1 aromatic heterocycles. The number of para-hydroxylation sites is 1. The van der Waals surface area contributed by atoms with Crippen molar-refractivity contribution in [3.63, 3.8) is 0 Å². The van der Waals surface area contributed by atoms with Crippen molar-refractivity contribution in [2.45, 2.75) is 13.3 Å². The highest BCUT2D eigenvalue weighted by molar-refractivity contribution is 6.02. The number of fused-ring (bicyclic) bond motifs is 1. The van der Waals surface area contributed by atoms with Crippen molar-refractivity contribution in [1.82, 2.24) is 4.98 Å². The Balaban J connectivity index is 2.59. The van der Waals surface area contributed by atoms with Gasteiger partial charge in [-0.3, -0.25) is 4.79 Å². The van der Waals surface area contributed by atoms with Gasteiger partial charge in [0.05, 0.1) is 11.8 Å². The molecule has 2 aromatic rings. The molecule has 74 valence electrons. The number of benzene rings is 1. The van der Waals surface area contributed by atoms with Gasteiger partial charge in [0, 0.05) is 10.9 Å². The quantitative estimate of drug-likeness (QED) is 0.754. The maximum atomic E-state index is 11.6. The average molecular weight is 198 g/mol. The van der Waals surface area contributed by atoms with Crippen molar-refractivity contribution in [2.75, 3.05) is 0 Å². The Morgan fingerprint density at radius 2 is 2.20 bits per heavy atom. The Kier molecular flexibility index (Phi) is 2.26. The molecule has 0 saturated carbocycles. The molecule has 3 heteroatoms. The summed E-state index contributed by atoms with van der Waals surface area (Å²) >= 11 is 0. The first-order valence-electron chi connectivity index (χ1n) is 4.71. The number of aryl methyl sites for hydroxylation is 1. The molecule has 1 N–H and O–H groups in total. The number of hydrogen-bond acceptors (Lipinski definition) is 2. The third-order valence-corrected chi connectivity index (χ3v) is 2.48. The van der Waals surface area contributed by atoms with Crippen molar-refractivity contribution in [3.05, 3.63) is 35.5 Å². The van der Waals surface area contributed by atoms with Crippen molar-refractivity contribution in [2.24, 2.45) is 0 Å². The highest BCUT2D eigenvalue weighted by atomic mass is 16.1. The highest BCUT2D eigenvalue weighted by Gasteiger charge is 2.13. The second-order valence-corrected chi connectivity index (χ2v) is 3.43. The van der Waals surface area contributed by atoms with Crippen LogP contribution in [-0.4, -0.2) is 10.8 Å². The lowest BCUT2D eigenvalue weighted by molar-refractivity contribution is 0.0993. The van der Waals surface area contributed by atoms with E-state index in [0.29, 0.717) is 5.69 Å². The van der Waals surface area contributed by atoms with Gasteiger partial charge in [0.2, 0.25) is 0 Å². The fourth-order valence-corrected chi connectivity index (χ4v) is 1.72. The first-order chi connectivity index (χ1) is 7.24. The zero-order chi connectivity index (χ0) is 10.8.